The molecule has 0 radical (unpaired) electrons. The van der Waals surface area contributed by atoms with Crippen molar-refractivity contribution in [2.75, 3.05) is 0 Å². The van der Waals surface area contributed by atoms with Crippen molar-refractivity contribution in [1.82, 2.24) is 4.98 Å². The molecule has 0 saturated heterocycles. The fraction of sp³-hybridized carbons (Fsp3) is 0.0909. The number of nitriles is 1. The fourth-order valence-corrected chi connectivity index (χ4v) is 1.98. The first-order valence-electron chi connectivity index (χ1n) is 4.37. The third kappa shape index (κ3) is 2.03. The molecule has 2 rings (SSSR count). The second-order valence-corrected chi connectivity index (χ2v) is 3.97. The number of hydrogen-bond acceptors (Lipinski definition) is 3. The van der Waals surface area contributed by atoms with Gasteiger partial charge in [0.1, 0.15) is 11.9 Å². The monoisotopic (exact) mass is 218 g/mol. The summed E-state index contributed by atoms with van der Waals surface area (Å²) >= 11 is 1.50. The van der Waals surface area contributed by atoms with Crippen LogP contribution in [0.25, 0.3) is 0 Å². The highest BCUT2D eigenvalue weighted by atomic mass is 32.1. The number of aromatic nitrogens is 1. The zero-order valence-electron chi connectivity index (χ0n) is 7.77. The Balaban J connectivity index is 2.37. The standard InChI is InChI=1S/C11H7FN2S/c12-10-3-1-2-8(9(10)7-13)6-11-14-4-5-15-11/h1-5H,6H2. The molecule has 15 heavy (non-hydrogen) atoms. The van der Waals surface area contributed by atoms with Crippen molar-refractivity contribution in [3.8, 4) is 6.07 Å². The second-order valence-electron chi connectivity index (χ2n) is 2.99. The molecule has 0 saturated carbocycles. The first kappa shape index (κ1) is 9.81. The highest BCUT2D eigenvalue weighted by molar-refractivity contribution is 7.09. The maximum atomic E-state index is 13.2. The molecule has 0 unspecified atom stereocenters. The van der Waals surface area contributed by atoms with Gasteiger partial charge in [0.25, 0.3) is 0 Å². The summed E-state index contributed by atoms with van der Waals surface area (Å²) in [4.78, 5) is 4.10. The highest BCUT2D eigenvalue weighted by Gasteiger charge is 2.08. The molecule has 1 heterocycles. The van der Waals surface area contributed by atoms with Crippen molar-refractivity contribution in [3.05, 3.63) is 51.7 Å². The molecule has 0 bridgehead atoms. The molecule has 0 atom stereocenters. The van der Waals surface area contributed by atoms with Gasteiger partial charge in [-0.3, -0.25) is 0 Å². The van der Waals surface area contributed by atoms with E-state index in [4.69, 9.17) is 5.26 Å². The lowest BCUT2D eigenvalue weighted by Gasteiger charge is -2.01. The number of benzene rings is 1. The predicted molar refractivity (Wildman–Crippen MR) is 56.0 cm³/mol. The zero-order valence-corrected chi connectivity index (χ0v) is 8.59. The van der Waals surface area contributed by atoms with Crippen LogP contribution in [0.5, 0.6) is 0 Å². The Bertz CT molecular complexity index is 500. The lowest BCUT2D eigenvalue weighted by molar-refractivity contribution is 0.622. The van der Waals surface area contributed by atoms with Crippen molar-refractivity contribution in [1.29, 1.82) is 5.26 Å². The van der Waals surface area contributed by atoms with Gasteiger partial charge in [0.2, 0.25) is 0 Å². The topological polar surface area (TPSA) is 36.7 Å². The lowest BCUT2D eigenvalue weighted by atomic mass is 10.1. The van der Waals surface area contributed by atoms with Crippen LogP contribution in [0.1, 0.15) is 16.1 Å². The van der Waals surface area contributed by atoms with Crippen LogP contribution >= 0.6 is 11.3 Å². The van der Waals surface area contributed by atoms with Gasteiger partial charge in [-0.1, -0.05) is 12.1 Å². The molecule has 0 amide bonds. The van der Waals surface area contributed by atoms with Crippen LogP contribution in [0, 0.1) is 17.1 Å². The minimum absolute atomic E-state index is 0.118. The summed E-state index contributed by atoms with van der Waals surface area (Å²) in [5.74, 6) is -0.466. The average Bonchev–Trinajstić information content (AvgIpc) is 2.71. The highest BCUT2D eigenvalue weighted by Crippen LogP contribution is 2.17. The number of thiazole rings is 1. The summed E-state index contributed by atoms with van der Waals surface area (Å²) < 4.78 is 13.2. The van der Waals surface area contributed by atoms with Crippen LogP contribution < -0.4 is 0 Å². The average molecular weight is 218 g/mol. The molecule has 0 fully saturated rings. The largest absolute Gasteiger partial charge is 0.249 e. The van der Waals surface area contributed by atoms with Crippen LogP contribution in [0.2, 0.25) is 0 Å². The van der Waals surface area contributed by atoms with Gasteiger partial charge in [-0.2, -0.15) is 5.26 Å². The molecule has 0 aliphatic heterocycles. The van der Waals surface area contributed by atoms with E-state index in [9.17, 15) is 4.39 Å². The Labute approximate surface area is 90.6 Å². The molecule has 1 aromatic carbocycles. The van der Waals surface area contributed by atoms with Crippen LogP contribution in [0.4, 0.5) is 4.39 Å². The third-order valence-electron chi connectivity index (χ3n) is 2.04. The minimum Gasteiger partial charge on any atom is -0.249 e. The van der Waals surface area contributed by atoms with Crippen molar-refractivity contribution in [2.24, 2.45) is 0 Å². The smallest absolute Gasteiger partial charge is 0.141 e. The van der Waals surface area contributed by atoms with E-state index in [2.05, 4.69) is 4.98 Å². The van der Waals surface area contributed by atoms with Crippen molar-refractivity contribution < 1.29 is 4.39 Å². The molecule has 0 aliphatic carbocycles. The lowest BCUT2D eigenvalue weighted by Crippen LogP contribution is -1.94. The summed E-state index contributed by atoms with van der Waals surface area (Å²) in [6, 6.07) is 6.54. The quantitative estimate of drug-likeness (QED) is 0.777. The number of nitrogens with zero attached hydrogens (tertiary/aromatic N) is 2. The molecule has 0 spiro atoms. The van der Waals surface area contributed by atoms with Gasteiger partial charge < -0.3 is 0 Å². The normalized spacial score (nSPS) is 9.87. The molecule has 0 N–H and O–H groups in total. The molecular weight excluding hydrogens is 211 g/mol. The van der Waals surface area contributed by atoms with Crippen LogP contribution in [-0.4, -0.2) is 4.98 Å². The fourth-order valence-electron chi connectivity index (χ4n) is 1.34. The van der Waals surface area contributed by atoms with Gasteiger partial charge in [-0.15, -0.1) is 11.3 Å². The van der Waals surface area contributed by atoms with E-state index in [1.54, 1.807) is 18.3 Å². The Hall–Kier alpha value is -1.73. The van der Waals surface area contributed by atoms with Gasteiger partial charge in [-0.05, 0) is 11.6 Å². The van der Waals surface area contributed by atoms with Crippen molar-refractivity contribution in [2.45, 2.75) is 6.42 Å². The molecule has 0 aliphatic rings. The first-order valence-corrected chi connectivity index (χ1v) is 5.25. The Morgan fingerprint density at radius 3 is 3.00 bits per heavy atom. The molecule has 74 valence electrons. The van der Waals surface area contributed by atoms with Crippen molar-refractivity contribution in [3.63, 3.8) is 0 Å². The summed E-state index contributed by atoms with van der Waals surface area (Å²) in [6.07, 6.45) is 2.21. The van der Waals surface area contributed by atoms with E-state index in [0.29, 0.717) is 12.0 Å². The van der Waals surface area contributed by atoms with Crippen molar-refractivity contribution >= 4 is 11.3 Å². The van der Waals surface area contributed by atoms with Gasteiger partial charge in [0.15, 0.2) is 0 Å². The van der Waals surface area contributed by atoms with Gasteiger partial charge in [0.05, 0.1) is 10.6 Å². The molecular formula is C11H7FN2S. The predicted octanol–water partition coefficient (Wildman–Crippen LogP) is 2.74. The van der Waals surface area contributed by atoms with E-state index in [1.165, 1.54) is 17.4 Å². The molecule has 4 heteroatoms. The van der Waals surface area contributed by atoms with Gasteiger partial charge in [0, 0.05) is 18.0 Å². The first-order chi connectivity index (χ1) is 7.31. The van der Waals surface area contributed by atoms with E-state index in [-0.39, 0.29) is 5.56 Å². The SMILES string of the molecule is N#Cc1c(F)cccc1Cc1nccs1. The van der Waals surface area contributed by atoms with Crippen LogP contribution in [0.3, 0.4) is 0 Å². The van der Waals surface area contributed by atoms with E-state index < -0.39 is 5.82 Å². The zero-order chi connectivity index (χ0) is 10.7. The second kappa shape index (κ2) is 4.20. The van der Waals surface area contributed by atoms with E-state index >= 15 is 0 Å². The number of halogens is 1. The summed E-state index contributed by atoms with van der Waals surface area (Å²) in [5.41, 5.74) is 0.806. The van der Waals surface area contributed by atoms with Crippen LogP contribution in [0.15, 0.2) is 29.8 Å². The van der Waals surface area contributed by atoms with E-state index in [1.807, 2.05) is 11.4 Å². The maximum Gasteiger partial charge on any atom is 0.141 e. The Kier molecular flexibility index (Phi) is 2.75. The summed E-state index contributed by atoms with van der Waals surface area (Å²) in [5, 5.41) is 11.6. The van der Waals surface area contributed by atoms with Gasteiger partial charge in [-0.25, -0.2) is 9.37 Å². The molecule has 1 aromatic heterocycles. The third-order valence-corrected chi connectivity index (χ3v) is 2.82. The number of rotatable bonds is 2. The minimum atomic E-state index is -0.466. The Morgan fingerprint density at radius 1 is 1.47 bits per heavy atom. The number of hydrogen-bond donors (Lipinski definition) is 0. The van der Waals surface area contributed by atoms with Crippen LogP contribution in [-0.2, 0) is 6.42 Å². The molecule has 2 aromatic rings. The maximum absolute atomic E-state index is 13.2. The summed E-state index contributed by atoms with van der Waals surface area (Å²) in [6.45, 7) is 0. The Morgan fingerprint density at radius 2 is 2.33 bits per heavy atom. The van der Waals surface area contributed by atoms with E-state index in [0.717, 1.165) is 5.01 Å². The molecule has 2 nitrogen and oxygen atoms in total. The summed E-state index contributed by atoms with van der Waals surface area (Å²) in [7, 11) is 0. The van der Waals surface area contributed by atoms with Gasteiger partial charge >= 0.3 is 0 Å².